The van der Waals surface area contributed by atoms with E-state index in [1.54, 1.807) is 11.3 Å². The molecule has 1 saturated heterocycles. The molecule has 24 heavy (non-hydrogen) atoms. The van der Waals surface area contributed by atoms with Gasteiger partial charge in [-0.1, -0.05) is 19.1 Å². The van der Waals surface area contributed by atoms with Crippen molar-refractivity contribution in [3.05, 3.63) is 29.3 Å². The van der Waals surface area contributed by atoms with Crippen molar-refractivity contribution in [2.75, 3.05) is 13.1 Å². The molecule has 2 aromatic rings. The number of amides is 3. The lowest BCUT2D eigenvalue weighted by molar-refractivity contribution is -0.138. The molecule has 0 unspecified atom stereocenters. The largest absolute Gasteiger partial charge is 0.355 e. The molecule has 1 aliphatic rings. The minimum absolute atomic E-state index is 0.112. The third-order valence-corrected chi connectivity index (χ3v) is 5.32. The van der Waals surface area contributed by atoms with E-state index >= 15 is 0 Å². The summed E-state index contributed by atoms with van der Waals surface area (Å²) in [7, 11) is 0. The second-order valence-corrected chi connectivity index (χ2v) is 6.98. The Balaban J connectivity index is 1.48. The van der Waals surface area contributed by atoms with Crippen LogP contribution < -0.4 is 5.32 Å². The van der Waals surface area contributed by atoms with E-state index in [0.29, 0.717) is 6.54 Å². The van der Waals surface area contributed by atoms with Crippen LogP contribution in [0.15, 0.2) is 24.3 Å². The van der Waals surface area contributed by atoms with Crippen molar-refractivity contribution >= 4 is 39.3 Å². The summed E-state index contributed by atoms with van der Waals surface area (Å²) in [6.07, 6.45) is 0.661. The number of nitrogens with zero attached hydrogens (tertiary/aromatic N) is 2. The summed E-state index contributed by atoms with van der Waals surface area (Å²) < 4.78 is 1.14. The Hall–Kier alpha value is -2.28. The molecule has 1 aromatic heterocycles. The van der Waals surface area contributed by atoms with E-state index in [4.69, 9.17) is 0 Å². The van der Waals surface area contributed by atoms with E-state index in [2.05, 4.69) is 10.3 Å². The third-order valence-electron chi connectivity index (χ3n) is 4.05. The van der Waals surface area contributed by atoms with Gasteiger partial charge in [-0.2, -0.15) is 0 Å². The lowest BCUT2D eigenvalue weighted by atomic mass is 10.2. The summed E-state index contributed by atoms with van der Waals surface area (Å²) in [4.78, 5) is 40.7. The Kier molecular flexibility index (Phi) is 4.89. The van der Waals surface area contributed by atoms with Crippen molar-refractivity contribution < 1.29 is 14.4 Å². The lowest BCUT2D eigenvalue weighted by Crippen LogP contribution is -2.35. The van der Waals surface area contributed by atoms with Gasteiger partial charge in [0.05, 0.1) is 15.2 Å². The first-order valence-corrected chi connectivity index (χ1v) is 8.81. The first-order valence-electron chi connectivity index (χ1n) is 8.00. The molecule has 2 heterocycles. The van der Waals surface area contributed by atoms with Gasteiger partial charge in [-0.15, -0.1) is 11.3 Å². The van der Waals surface area contributed by atoms with Crippen LogP contribution in [0.4, 0.5) is 0 Å². The Morgan fingerprint density at radius 3 is 2.71 bits per heavy atom. The number of benzene rings is 1. The zero-order valence-electron chi connectivity index (χ0n) is 13.4. The molecule has 0 bridgehead atoms. The summed E-state index contributed by atoms with van der Waals surface area (Å²) in [5, 5.41) is 3.84. The van der Waals surface area contributed by atoms with Crippen LogP contribution >= 0.6 is 11.3 Å². The standard InChI is InChI=1S/C17H19N3O3S/c1-11(17-19-12-4-2-3-5-13(12)24-17)10-18-14(21)8-9-20-15(22)6-7-16(20)23/h2-5,11H,6-10H2,1H3,(H,18,21)/t11-/m0/s1. The van der Waals surface area contributed by atoms with Crippen molar-refractivity contribution in [2.45, 2.75) is 32.1 Å². The van der Waals surface area contributed by atoms with Gasteiger partial charge in [0.1, 0.15) is 0 Å². The number of rotatable bonds is 6. The zero-order chi connectivity index (χ0) is 17.1. The van der Waals surface area contributed by atoms with Gasteiger partial charge in [0.2, 0.25) is 17.7 Å². The van der Waals surface area contributed by atoms with Gasteiger partial charge in [-0.25, -0.2) is 4.98 Å². The molecule has 1 atom stereocenters. The van der Waals surface area contributed by atoms with E-state index in [-0.39, 0.29) is 49.4 Å². The SMILES string of the molecule is C[C@@H](CNC(=O)CCN1C(=O)CCC1=O)c1nc2ccccc2s1. The van der Waals surface area contributed by atoms with E-state index in [9.17, 15) is 14.4 Å². The number of aromatic nitrogens is 1. The predicted octanol–water partition coefficient (Wildman–Crippen LogP) is 2.06. The summed E-state index contributed by atoms with van der Waals surface area (Å²) in [5.41, 5.74) is 0.974. The predicted molar refractivity (Wildman–Crippen MR) is 91.6 cm³/mol. The van der Waals surface area contributed by atoms with Crippen molar-refractivity contribution in [2.24, 2.45) is 0 Å². The highest BCUT2D eigenvalue weighted by molar-refractivity contribution is 7.18. The van der Waals surface area contributed by atoms with Gasteiger partial charge >= 0.3 is 0 Å². The number of carbonyl (C=O) groups excluding carboxylic acids is 3. The number of para-hydroxylation sites is 1. The zero-order valence-corrected chi connectivity index (χ0v) is 14.3. The van der Waals surface area contributed by atoms with Crippen LogP contribution in [0.1, 0.15) is 37.1 Å². The minimum atomic E-state index is -0.185. The topological polar surface area (TPSA) is 79.4 Å². The summed E-state index contributed by atoms with van der Waals surface area (Å²) >= 11 is 1.63. The normalized spacial score (nSPS) is 16.0. The molecule has 1 fully saturated rings. The van der Waals surface area contributed by atoms with Crippen LogP contribution in [-0.2, 0) is 14.4 Å². The fourth-order valence-corrected chi connectivity index (χ4v) is 3.65. The molecule has 0 saturated carbocycles. The molecular formula is C17H19N3O3S. The van der Waals surface area contributed by atoms with Gasteiger partial charge in [0, 0.05) is 38.3 Å². The highest BCUT2D eigenvalue weighted by Crippen LogP contribution is 2.26. The first-order chi connectivity index (χ1) is 11.5. The van der Waals surface area contributed by atoms with Crippen LogP contribution in [0.3, 0.4) is 0 Å². The Labute approximate surface area is 143 Å². The molecular weight excluding hydrogens is 326 g/mol. The van der Waals surface area contributed by atoms with E-state index < -0.39 is 0 Å². The van der Waals surface area contributed by atoms with E-state index in [1.807, 2.05) is 31.2 Å². The highest BCUT2D eigenvalue weighted by atomic mass is 32.1. The third kappa shape index (κ3) is 3.62. The molecule has 0 spiro atoms. The number of hydrogen-bond donors (Lipinski definition) is 1. The summed E-state index contributed by atoms with van der Waals surface area (Å²) in [6.45, 7) is 2.67. The van der Waals surface area contributed by atoms with Gasteiger partial charge in [-0.05, 0) is 12.1 Å². The molecule has 0 radical (unpaired) electrons. The quantitative estimate of drug-likeness (QED) is 0.813. The fourth-order valence-electron chi connectivity index (χ4n) is 2.63. The fraction of sp³-hybridized carbons (Fsp3) is 0.412. The number of imide groups is 1. The Bertz CT molecular complexity index is 737. The molecule has 0 aliphatic carbocycles. The van der Waals surface area contributed by atoms with Crippen LogP contribution in [0.5, 0.6) is 0 Å². The number of thiazole rings is 1. The number of fused-ring (bicyclic) bond motifs is 1. The number of likely N-dealkylation sites (tertiary alicyclic amines) is 1. The van der Waals surface area contributed by atoms with Gasteiger partial charge in [-0.3, -0.25) is 19.3 Å². The van der Waals surface area contributed by atoms with Gasteiger partial charge in [0.25, 0.3) is 0 Å². The maximum Gasteiger partial charge on any atom is 0.229 e. The Morgan fingerprint density at radius 2 is 2.00 bits per heavy atom. The van der Waals surface area contributed by atoms with Crippen LogP contribution in [0.25, 0.3) is 10.2 Å². The maximum atomic E-state index is 11.9. The average molecular weight is 345 g/mol. The van der Waals surface area contributed by atoms with Crippen molar-refractivity contribution in [1.29, 1.82) is 0 Å². The van der Waals surface area contributed by atoms with E-state index in [0.717, 1.165) is 15.2 Å². The molecule has 7 heteroatoms. The second-order valence-electron chi connectivity index (χ2n) is 5.91. The highest BCUT2D eigenvalue weighted by Gasteiger charge is 2.28. The van der Waals surface area contributed by atoms with Crippen molar-refractivity contribution in [1.82, 2.24) is 15.2 Å². The maximum absolute atomic E-state index is 11.9. The molecule has 6 nitrogen and oxygen atoms in total. The summed E-state index contributed by atoms with van der Waals surface area (Å²) in [5.74, 6) is -0.414. The van der Waals surface area contributed by atoms with Crippen LogP contribution in [0, 0.1) is 0 Å². The van der Waals surface area contributed by atoms with E-state index in [1.165, 1.54) is 4.90 Å². The molecule has 3 amide bonds. The molecule has 126 valence electrons. The molecule has 1 aromatic carbocycles. The molecule has 1 N–H and O–H groups in total. The van der Waals surface area contributed by atoms with Crippen molar-refractivity contribution in [3.63, 3.8) is 0 Å². The second kappa shape index (κ2) is 7.09. The van der Waals surface area contributed by atoms with Gasteiger partial charge in [0.15, 0.2) is 0 Å². The van der Waals surface area contributed by atoms with Crippen molar-refractivity contribution in [3.8, 4) is 0 Å². The monoisotopic (exact) mass is 345 g/mol. The molecule has 3 rings (SSSR count). The minimum Gasteiger partial charge on any atom is -0.355 e. The lowest BCUT2D eigenvalue weighted by Gasteiger charge is -2.14. The number of carbonyl (C=O) groups is 3. The summed E-state index contributed by atoms with van der Waals surface area (Å²) in [6, 6.07) is 7.95. The average Bonchev–Trinajstić information content (AvgIpc) is 3.14. The van der Waals surface area contributed by atoms with Gasteiger partial charge < -0.3 is 5.32 Å². The molecule has 1 aliphatic heterocycles. The van der Waals surface area contributed by atoms with Crippen LogP contribution in [-0.4, -0.2) is 40.7 Å². The number of hydrogen-bond acceptors (Lipinski definition) is 5. The van der Waals surface area contributed by atoms with Crippen LogP contribution in [0.2, 0.25) is 0 Å². The smallest absolute Gasteiger partial charge is 0.229 e. The number of nitrogens with one attached hydrogen (secondary N) is 1. The Morgan fingerprint density at radius 1 is 1.29 bits per heavy atom. The first kappa shape index (κ1) is 16.6.